The Balaban J connectivity index is 1.66. The molecular formula is C19H19N2O2. The van der Waals surface area contributed by atoms with Crippen molar-refractivity contribution in [3.63, 3.8) is 0 Å². The lowest BCUT2D eigenvalue weighted by Gasteiger charge is -2.09. The van der Waals surface area contributed by atoms with Crippen molar-refractivity contribution >= 4 is 16.8 Å². The van der Waals surface area contributed by atoms with Crippen LogP contribution in [0.3, 0.4) is 0 Å². The van der Waals surface area contributed by atoms with Gasteiger partial charge >= 0.3 is 0 Å². The number of rotatable bonds is 5. The Labute approximate surface area is 135 Å². The number of nitrogens with one attached hydrogen (secondary N) is 2. The zero-order valence-electron chi connectivity index (χ0n) is 13.1. The second-order valence-electron chi connectivity index (χ2n) is 5.67. The first-order valence-corrected chi connectivity index (χ1v) is 7.70. The van der Waals surface area contributed by atoms with Crippen LogP contribution in [0.25, 0.3) is 10.9 Å². The van der Waals surface area contributed by atoms with Gasteiger partial charge in [0.1, 0.15) is 6.61 Å². The molecule has 0 spiro atoms. The largest absolute Gasteiger partial charge is 0.361 e. The van der Waals surface area contributed by atoms with E-state index in [0.717, 1.165) is 17.5 Å². The summed E-state index contributed by atoms with van der Waals surface area (Å²) in [5.74, 6) is -0.185. The molecule has 0 saturated carbocycles. The van der Waals surface area contributed by atoms with Gasteiger partial charge in [-0.15, -0.1) is 0 Å². The van der Waals surface area contributed by atoms with Crippen molar-refractivity contribution in [1.29, 1.82) is 0 Å². The molecule has 2 N–H and O–H groups in total. The zero-order chi connectivity index (χ0) is 16.2. The summed E-state index contributed by atoms with van der Waals surface area (Å²) in [6.45, 7) is 2.07. The molecule has 0 saturated heterocycles. The lowest BCUT2D eigenvalue weighted by molar-refractivity contribution is 0.0948. The smallest absolute Gasteiger partial charge is 0.251 e. The number of carbonyl (C=O) groups excluding carboxylic acids is 1. The minimum atomic E-state index is -0.382. The van der Waals surface area contributed by atoms with Gasteiger partial charge in [-0.3, -0.25) is 4.79 Å². The van der Waals surface area contributed by atoms with Crippen LogP contribution in [0.2, 0.25) is 0 Å². The molecule has 0 aliphatic rings. The fourth-order valence-electron chi connectivity index (χ4n) is 2.81. The molecule has 0 aliphatic heterocycles. The van der Waals surface area contributed by atoms with Crippen LogP contribution in [0.5, 0.6) is 0 Å². The van der Waals surface area contributed by atoms with Gasteiger partial charge in [0.15, 0.2) is 0 Å². The fraction of sp³-hybridized carbons (Fsp3) is 0.211. The van der Waals surface area contributed by atoms with Crippen LogP contribution in [-0.4, -0.2) is 17.4 Å². The lowest BCUT2D eigenvalue weighted by atomic mass is 10.0. The molecule has 4 nitrogen and oxygen atoms in total. The molecule has 0 atom stereocenters. The van der Waals surface area contributed by atoms with Crippen molar-refractivity contribution in [2.24, 2.45) is 0 Å². The monoisotopic (exact) mass is 307 g/mol. The Morgan fingerprint density at radius 2 is 1.96 bits per heavy atom. The Morgan fingerprint density at radius 3 is 2.78 bits per heavy atom. The molecule has 1 radical (unpaired) electrons. The Kier molecular flexibility index (Phi) is 4.44. The summed E-state index contributed by atoms with van der Waals surface area (Å²) in [4.78, 5) is 15.5. The molecule has 0 bridgehead atoms. The van der Waals surface area contributed by atoms with E-state index >= 15 is 0 Å². The number of H-pyrrole nitrogens is 1. The molecule has 3 rings (SSSR count). The molecule has 0 fully saturated rings. The van der Waals surface area contributed by atoms with Gasteiger partial charge in [-0.05, 0) is 36.6 Å². The number of aryl methyl sites for hydroxylation is 1. The molecule has 0 aliphatic carbocycles. The van der Waals surface area contributed by atoms with E-state index < -0.39 is 0 Å². The summed E-state index contributed by atoms with van der Waals surface area (Å²) in [5.41, 5.74) is 4.29. The third-order valence-corrected chi connectivity index (χ3v) is 4.02. The van der Waals surface area contributed by atoms with Crippen molar-refractivity contribution in [1.82, 2.24) is 10.3 Å². The van der Waals surface area contributed by atoms with Gasteiger partial charge < -0.3 is 10.3 Å². The summed E-state index contributed by atoms with van der Waals surface area (Å²) in [6.07, 6.45) is 2.72. The quantitative estimate of drug-likeness (QED) is 0.745. The maximum Gasteiger partial charge on any atom is 0.251 e. The van der Waals surface area contributed by atoms with E-state index in [4.69, 9.17) is 0 Å². The molecule has 2 aromatic carbocycles. The molecule has 1 heterocycles. The van der Waals surface area contributed by atoms with Crippen LogP contribution in [0, 0.1) is 6.92 Å². The number of carbonyl (C=O) groups is 1. The van der Waals surface area contributed by atoms with E-state index in [-0.39, 0.29) is 12.5 Å². The standard InChI is InChI=1S/C19H19N2O2/c1-13-6-7-17(15(10-13)12-22)19(23)20-9-8-14-11-21-18-5-3-2-4-16(14)18/h2-7,10-11,21H,8-9,12H2,1H3,(H,20,23). The lowest BCUT2D eigenvalue weighted by Crippen LogP contribution is -2.26. The molecule has 0 unspecified atom stereocenters. The highest BCUT2D eigenvalue weighted by atomic mass is 16.3. The number of para-hydroxylation sites is 1. The van der Waals surface area contributed by atoms with Gasteiger partial charge in [0.05, 0.1) is 0 Å². The number of hydrogen-bond acceptors (Lipinski definition) is 1. The summed E-state index contributed by atoms with van der Waals surface area (Å²) >= 11 is 0. The predicted octanol–water partition coefficient (Wildman–Crippen LogP) is 3.38. The third kappa shape index (κ3) is 3.27. The number of aromatic amines is 1. The first-order valence-electron chi connectivity index (χ1n) is 7.70. The van der Waals surface area contributed by atoms with Crippen molar-refractivity contribution in [2.45, 2.75) is 20.0 Å². The van der Waals surface area contributed by atoms with Crippen LogP contribution in [0.15, 0.2) is 48.7 Å². The van der Waals surface area contributed by atoms with E-state index in [2.05, 4.69) is 16.4 Å². The molecule has 1 amide bonds. The highest BCUT2D eigenvalue weighted by molar-refractivity contribution is 5.95. The van der Waals surface area contributed by atoms with Gasteiger partial charge in [0, 0.05) is 29.2 Å². The maximum atomic E-state index is 12.3. The number of amides is 1. The van der Waals surface area contributed by atoms with Gasteiger partial charge in [-0.1, -0.05) is 35.9 Å². The predicted molar refractivity (Wildman–Crippen MR) is 89.9 cm³/mol. The van der Waals surface area contributed by atoms with Crippen LogP contribution < -0.4 is 5.32 Å². The van der Waals surface area contributed by atoms with Crippen molar-refractivity contribution in [3.8, 4) is 0 Å². The molecule has 23 heavy (non-hydrogen) atoms. The van der Waals surface area contributed by atoms with Gasteiger partial charge in [0.25, 0.3) is 5.91 Å². The number of benzene rings is 2. The summed E-state index contributed by atoms with van der Waals surface area (Å²) < 4.78 is 0. The summed E-state index contributed by atoms with van der Waals surface area (Å²) in [5, 5.41) is 15.3. The molecule has 117 valence electrons. The second kappa shape index (κ2) is 6.67. The van der Waals surface area contributed by atoms with E-state index in [0.29, 0.717) is 17.7 Å². The number of hydrogen-bond donors (Lipinski definition) is 2. The third-order valence-electron chi connectivity index (χ3n) is 4.02. The van der Waals surface area contributed by atoms with Crippen LogP contribution in [0.4, 0.5) is 0 Å². The fourth-order valence-corrected chi connectivity index (χ4v) is 2.81. The molecule has 4 heteroatoms. The molecule has 1 aromatic heterocycles. The zero-order valence-corrected chi connectivity index (χ0v) is 13.1. The molecular weight excluding hydrogens is 288 g/mol. The first-order chi connectivity index (χ1) is 11.2. The van der Waals surface area contributed by atoms with Crippen LogP contribution >= 0.6 is 0 Å². The first kappa shape index (κ1) is 15.3. The average molecular weight is 307 g/mol. The highest BCUT2D eigenvalue weighted by Gasteiger charge is 2.11. The highest BCUT2D eigenvalue weighted by Crippen LogP contribution is 2.18. The minimum Gasteiger partial charge on any atom is -0.361 e. The van der Waals surface area contributed by atoms with Gasteiger partial charge in [-0.25, -0.2) is 5.11 Å². The SMILES string of the molecule is Cc1ccc(C(=O)NCCc2c[nH]c3ccccc23)c(C[O])c1. The van der Waals surface area contributed by atoms with E-state index in [1.165, 1.54) is 10.9 Å². The number of fused-ring (bicyclic) bond motifs is 1. The minimum absolute atomic E-state index is 0.185. The maximum absolute atomic E-state index is 12.3. The van der Waals surface area contributed by atoms with Crippen molar-refractivity contribution in [2.75, 3.05) is 6.54 Å². The Hall–Kier alpha value is -2.59. The van der Waals surface area contributed by atoms with E-state index in [9.17, 15) is 9.90 Å². The van der Waals surface area contributed by atoms with Gasteiger partial charge in [0.2, 0.25) is 0 Å². The second-order valence-corrected chi connectivity index (χ2v) is 5.67. The molecule has 3 aromatic rings. The van der Waals surface area contributed by atoms with Crippen molar-refractivity contribution < 1.29 is 9.90 Å². The summed E-state index contributed by atoms with van der Waals surface area (Å²) in [7, 11) is 0. The Morgan fingerprint density at radius 1 is 1.13 bits per heavy atom. The van der Waals surface area contributed by atoms with Gasteiger partial charge in [-0.2, -0.15) is 0 Å². The number of aromatic nitrogens is 1. The van der Waals surface area contributed by atoms with Crippen molar-refractivity contribution in [3.05, 3.63) is 70.9 Å². The topological polar surface area (TPSA) is 64.8 Å². The van der Waals surface area contributed by atoms with Crippen LogP contribution in [0.1, 0.15) is 27.0 Å². The average Bonchev–Trinajstić information content (AvgIpc) is 2.98. The Bertz CT molecular complexity index is 836. The van der Waals surface area contributed by atoms with E-state index in [1.54, 1.807) is 12.1 Å². The van der Waals surface area contributed by atoms with Crippen LogP contribution in [-0.2, 0) is 18.1 Å². The summed E-state index contributed by atoms with van der Waals surface area (Å²) in [6, 6.07) is 13.5. The van der Waals surface area contributed by atoms with E-state index in [1.807, 2.05) is 37.4 Å². The normalized spacial score (nSPS) is 10.9.